The lowest BCUT2D eigenvalue weighted by molar-refractivity contribution is -0.129. The molecule has 4 nitrogen and oxygen atoms in total. The molecular weight excluding hydrogens is 302 g/mol. The number of aliphatic hydroxyl groups is 1. The molecular formula is C20H27NO3. The van der Waals surface area contributed by atoms with Crippen molar-refractivity contribution in [1.29, 1.82) is 0 Å². The van der Waals surface area contributed by atoms with Gasteiger partial charge in [-0.05, 0) is 12.0 Å². The van der Waals surface area contributed by atoms with Crippen molar-refractivity contribution in [1.82, 2.24) is 4.90 Å². The van der Waals surface area contributed by atoms with Crippen molar-refractivity contribution in [3.05, 3.63) is 47.2 Å². The Morgan fingerprint density at radius 2 is 1.79 bits per heavy atom. The van der Waals surface area contributed by atoms with Crippen LogP contribution in [-0.2, 0) is 9.59 Å². The molecule has 1 aliphatic heterocycles. The molecule has 1 aromatic carbocycles. The third-order valence-corrected chi connectivity index (χ3v) is 4.35. The molecule has 1 heterocycles. The van der Waals surface area contributed by atoms with E-state index in [1.807, 2.05) is 51.1 Å². The highest BCUT2D eigenvalue weighted by molar-refractivity contribution is 6.10. The lowest BCUT2D eigenvalue weighted by atomic mass is 9.82. The van der Waals surface area contributed by atoms with Crippen LogP contribution in [0.25, 0.3) is 0 Å². The van der Waals surface area contributed by atoms with Gasteiger partial charge in [0.25, 0.3) is 5.91 Å². The van der Waals surface area contributed by atoms with Crippen molar-refractivity contribution in [3.8, 4) is 0 Å². The molecule has 0 fully saturated rings. The van der Waals surface area contributed by atoms with Crippen LogP contribution in [0.4, 0.5) is 0 Å². The van der Waals surface area contributed by atoms with Crippen LogP contribution < -0.4 is 0 Å². The number of hydrogen-bond acceptors (Lipinski definition) is 3. The summed E-state index contributed by atoms with van der Waals surface area (Å²) in [6.45, 7) is 8.06. The number of nitrogens with zero attached hydrogens (tertiary/aromatic N) is 1. The summed E-state index contributed by atoms with van der Waals surface area (Å²) in [7, 11) is 0. The molecule has 0 bridgehead atoms. The van der Waals surface area contributed by atoms with Gasteiger partial charge in [0.05, 0.1) is 11.6 Å². The number of unbranched alkanes of at least 4 members (excludes halogenated alkanes) is 2. The zero-order valence-electron chi connectivity index (χ0n) is 15.0. The number of Topliss-reactive ketones (excluding diaryl/α,β-unsaturated/α-hetero) is 1. The van der Waals surface area contributed by atoms with Gasteiger partial charge in [0, 0.05) is 12.0 Å². The smallest absolute Gasteiger partial charge is 0.290 e. The Kier molecular flexibility index (Phi) is 5.47. The zero-order chi connectivity index (χ0) is 17.9. The summed E-state index contributed by atoms with van der Waals surface area (Å²) >= 11 is 0. The highest BCUT2D eigenvalue weighted by Gasteiger charge is 2.45. The Bertz CT molecular complexity index is 641. The molecule has 2 rings (SSSR count). The molecule has 1 N–H and O–H groups in total. The Balaban J connectivity index is 2.46. The first-order valence-corrected chi connectivity index (χ1v) is 8.63. The molecule has 1 aliphatic rings. The summed E-state index contributed by atoms with van der Waals surface area (Å²) in [6, 6.07) is 8.98. The molecule has 0 aliphatic carbocycles. The van der Waals surface area contributed by atoms with Crippen LogP contribution in [0.5, 0.6) is 0 Å². The molecule has 1 atom stereocenters. The second-order valence-electron chi connectivity index (χ2n) is 7.36. The number of ketones is 1. The SMILES string of the molecule is CCCCCN1C(=O)C(O)=C(C(=O)C(C)(C)C)C1c1ccccc1. The average Bonchev–Trinajstić information content (AvgIpc) is 2.79. The van der Waals surface area contributed by atoms with E-state index in [0.717, 1.165) is 24.8 Å². The van der Waals surface area contributed by atoms with E-state index in [9.17, 15) is 14.7 Å². The first kappa shape index (κ1) is 18.2. The number of rotatable bonds is 6. The van der Waals surface area contributed by atoms with Crippen molar-refractivity contribution in [2.45, 2.75) is 53.0 Å². The number of aliphatic hydroxyl groups excluding tert-OH is 1. The van der Waals surface area contributed by atoms with Gasteiger partial charge in [-0.1, -0.05) is 70.9 Å². The third kappa shape index (κ3) is 3.53. The van der Waals surface area contributed by atoms with Crippen LogP contribution in [0.1, 0.15) is 58.6 Å². The number of benzene rings is 1. The third-order valence-electron chi connectivity index (χ3n) is 4.35. The van der Waals surface area contributed by atoms with Gasteiger partial charge in [-0.3, -0.25) is 9.59 Å². The van der Waals surface area contributed by atoms with Crippen LogP contribution >= 0.6 is 0 Å². The summed E-state index contributed by atoms with van der Waals surface area (Å²) in [4.78, 5) is 27.1. The maximum atomic E-state index is 12.9. The van der Waals surface area contributed by atoms with Crippen LogP contribution in [-0.4, -0.2) is 28.2 Å². The topological polar surface area (TPSA) is 57.6 Å². The second-order valence-corrected chi connectivity index (χ2v) is 7.36. The largest absolute Gasteiger partial charge is 0.503 e. The maximum Gasteiger partial charge on any atom is 0.290 e. The van der Waals surface area contributed by atoms with E-state index in [0.29, 0.717) is 6.54 Å². The normalized spacial score (nSPS) is 18.4. The summed E-state index contributed by atoms with van der Waals surface area (Å²) in [5.74, 6) is -1.01. The van der Waals surface area contributed by atoms with Gasteiger partial charge in [0.2, 0.25) is 0 Å². The van der Waals surface area contributed by atoms with Crippen LogP contribution in [0.3, 0.4) is 0 Å². The fourth-order valence-corrected chi connectivity index (χ4v) is 3.03. The minimum Gasteiger partial charge on any atom is -0.503 e. The lowest BCUT2D eigenvalue weighted by Crippen LogP contribution is -2.33. The van der Waals surface area contributed by atoms with Gasteiger partial charge in [-0.2, -0.15) is 0 Å². The van der Waals surface area contributed by atoms with Crippen molar-refractivity contribution in [2.24, 2.45) is 5.41 Å². The molecule has 24 heavy (non-hydrogen) atoms. The molecule has 1 unspecified atom stereocenters. The molecule has 0 saturated carbocycles. The van der Waals surface area contributed by atoms with E-state index in [2.05, 4.69) is 6.92 Å². The fraction of sp³-hybridized carbons (Fsp3) is 0.500. The van der Waals surface area contributed by atoms with Crippen molar-refractivity contribution >= 4 is 11.7 Å². The molecule has 4 heteroatoms. The number of carbonyl (C=O) groups excluding carboxylic acids is 2. The zero-order valence-corrected chi connectivity index (χ0v) is 15.0. The number of carbonyl (C=O) groups is 2. The van der Waals surface area contributed by atoms with E-state index >= 15 is 0 Å². The van der Waals surface area contributed by atoms with Gasteiger partial charge < -0.3 is 10.0 Å². The summed E-state index contributed by atoms with van der Waals surface area (Å²) in [5, 5.41) is 10.4. The average molecular weight is 329 g/mol. The van der Waals surface area contributed by atoms with Gasteiger partial charge in [0.15, 0.2) is 11.5 Å². The van der Waals surface area contributed by atoms with Crippen molar-refractivity contribution in [2.75, 3.05) is 6.54 Å². The first-order valence-electron chi connectivity index (χ1n) is 8.63. The highest BCUT2D eigenvalue weighted by atomic mass is 16.3. The monoisotopic (exact) mass is 329 g/mol. The summed E-state index contributed by atoms with van der Waals surface area (Å²) in [6.07, 6.45) is 2.91. The molecule has 0 radical (unpaired) electrons. The van der Waals surface area contributed by atoms with Crippen LogP contribution in [0.2, 0.25) is 0 Å². The number of hydrogen-bond donors (Lipinski definition) is 1. The number of amides is 1. The quantitative estimate of drug-likeness (QED) is 0.796. The van der Waals surface area contributed by atoms with E-state index in [1.165, 1.54) is 0 Å². The van der Waals surface area contributed by atoms with E-state index in [1.54, 1.807) is 4.90 Å². The van der Waals surface area contributed by atoms with Gasteiger partial charge in [-0.25, -0.2) is 0 Å². The lowest BCUT2D eigenvalue weighted by Gasteiger charge is -2.28. The maximum absolute atomic E-state index is 12.9. The highest BCUT2D eigenvalue weighted by Crippen LogP contribution is 2.40. The summed E-state index contributed by atoms with van der Waals surface area (Å²) < 4.78 is 0. The van der Waals surface area contributed by atoms with Gasteiger partial charge >= 0.3 is 0 Å². The molecule has 130 valence electrons. The van der Waals surface area contributed by atoms with Gasteiger partial charge in [-0.15, -0.1) is 0 Å². The van der Waals surface area contributed by atoms with E-state index in [-0.39, 0.29) is 17.1 Å². The second kappa shape index (κ2) is 7.20. The first-order chi connectivity index (χ1) is 11.3. The molecule has 1 amide bonds. The van der Waals surface area contributed by atoms with Crippen molar-refractivity contribution in [3.63, 3.8) is 0 Å². The van der Waals surface area contributed by atoms with E-state index in [4.69, 9.17) is 0 Å². The molecule has 0 aromatic heterocycles. The van der Waals surface area contributed by atoms with Crippen molar-refractivity contribution < 1.29 is 14.7 Å². The van der Waals surface area contributed by atoms with Crippen LogP contribution in [0.15, 0.2) is 41.7 Å². The molecule has 0 saturated heterocycles. The summed E-state index contributed by atoms with van der Waals surface area (Å²) in [5.41, 5.74) is 0.435. The Morgan fingerprint density at radius 1 is 1.17 bits per heavy atom. The molecule has 1 aromatic rings. The standard InChI is InChI=1S/C20H27NO3/c1-5-6-10-13-21-16(14-11-8-7-9-12-14)15(17(22)19(21)24)18(23)20(2,3)4/h7-9,11-12,16,22H,5-6,10,13H2,1-4H3. The van der Waals surface area contributed by atoms with Gasteiger partial charge in [0.1, 0.15) is 0 Å². The van der Waals surface area contributed by atoms with E-state index < -0.39 is 17.4 Å². The predicted molar refractivity (Wildman–Crippen MR) is 94.5 cm³/mol. The Labute approximate surface area is 144 Å². The Hall–Kier alpha value is -2.10. The predicted octanol–water partition coefficient (Wildman–Crippen LogP) is 4.19. The van der Waals surface area contributed by atoms with Crippen LogP contribution in [0, 0.1) is 5.41 Å². The minimum atomic E-state index is -0.657. The fourth-order valence-electron chi connectivity index (χ4n) is 3.03. The minimum absolute atomic E-state index is 0.180. The Morgan fingerprint density at radius 3 is 2.33 bits per heavy atom. The molecule has 0 spiro atoms.